The van der Waals surface area contributed by atoms with Gasteiger partial charge in [-0.3, -0.25) is 19.3 Å². The molecule has 2 heterocycles. The highest BCUT2D eigenvalue weighted by Crippen LogP contribution is 2.35. The lowest BCUT2D eigenvalue weighted by Gasteiger charge is -2.10. The Hall–Kier alpha value is -5.26. The summed E-state index contributed by atoms with van der Waals surface area (Å²) in [6.45, 7) is 3.09. The van der Waals surface area contributed by atoms with Crippen LogP contribution >= 0.6 is 0 Å². The molecule has 0 spiro atoms. The molecule has 0 aliphatic rings. The number of nitro benzene ring substituents is 1. The van der Waals surface area contributed by atoms with Gasteiger partial charge in [0.25, 0.3) is 5.69 Å². The van der Waals surface area contributed by atoms with Crippen molar-refractivity contribution in [1.82, 2.24) is 9.38 Å². The van der Waals surface area contributed by atoms with Crippen LogP contribution in [0, 0.1) is 10.1 Å². The number of methoxy groups -OCH3 is 2. The summed E-state index contributed by atoms with van der Waals surface area (Å²) >= 11 is 0. The molecule has 2 aromatic heterocycles. The highest BCUT2D eigenvalue weighted by atomic mass is 16.6. The smallest absolute Gasteiger partial charge is 0.341 e. The Morgan fingerprint density at radius 3 is 2.17 bits per heavy atom. The van der Waals surface area contributed by atoms with Gasteiger partial charge in [0.2, 0.25) is 5.78 Å². The van der Waals surface area contributed by atoms with E-state index in [1.165, 1.54) is 55.3 Å². The molecule has 0 saturated carbocycles. The molecule has 0 N–H and O–H groups in total. The molecule has 0 fully saturated rings. The van der Waals surface area contributed by atoms with Crippen LogP contribution in [-0.4, -0.2) is 59.5 Å². The van der Waals surface area contributed by atoms with Crippen LogP contribution in [-0.2, 0) is 9.47 Å². The van der Waals surface area contributed by atoms with Gasteiger partial charge in [0.1, 0.15) is 28.7 Å². The van der Waals surface area contributed by atoms with Crippen molar-refractivity contribution in [2.75, 3.05) is 27.4 Å². The highest BCUT2D eigenvalue weighted by Gasteiger charge is 2.35. The standard InChI is InChI=1S/C28H25N3O9/c1-5-39-27(33)23-20-14-18(16-11-12-21(37-3)22(13-16)38-4)29-15-30(20)25(24(23)28(34)40-6-2)26(32)17-9-7-8-10-19(17)31(35)36/h7-15H,5-6H2,1-4H3. The SMILES string of the molecule is CCOC(=O)c1c(C(=O)OCC)c2cc(-c3ccc(OC)c(OC)c3)ncn2c1C(=O)c1ccccc1[N+](=O)[O-]. The largest absolute Gasteiger partial charge is 0.493 e. The van der Waals surface area contributed by atoms with Crippen LogP contribution in [0.1, 0.15) is 50.6 Å². The molecule has 12 nitrogen and oxygen atoms in total. The molecule has 2 aromatic carbocycles. The number of esters is 2. The molecule has 12 heteroatoms. The third-order valence-electron chi connectivity index (χ3n) is 6.03. The summed E-state index contributed by atoms with van der Waals surface area (Å²) in [6, 6.07) is 11.9. The van der Waals surface area contributed by atoms with E-state index in [0.29, 0.717) is 22.8 Å². The molecule has 206 valence electrons. The van der Waals surface area contributed by atoms with Gasteiger partial charge in [-0.15, -0.1) is 0 Å². The Morgan fingerprint density at radius 2 is 1.55 bits per heavy atom. The molecule has 40 heavy (non-hydrogen) atoms. The van der Waals surface area contributed by atoms with Gasteiger partial charge in [-0.25, -0.2) is 14.6 Å². The number of aromatic nitrogens is 2. The number of fused-ring (bicyclic) bond motifs is 1. The van der Waals surface area contributed by atoms with E-state index >= 15 is 0 Å². The summed E-state index contributed by atoms with van der Waals surface area (Å²) in [7, 11) is 2.98. The lowest BCUT2D eigenvalue weighted by Crippen LogP contribution is -2.17. The number of para-hydroxylation sites is 1. The Kier molecular flexibility index (Phi) is 8.08. The minimum absolute atomic E-state index is 0.0144. The summed E-state index contributed by atoms with van der Waals surface area (Å²) in [6.07, 6.45) is 1.26. The van der Waals surface area contributed by atoms with Gasteiger partial charge >= 0.3 is 11.9 Å². The van der Waals surface area contributed by atoms with Crippen LogP contribution in [0.4, 0.5) is 5.69 Å². The first-order valence-corrected chi connectivity index (χ1v) is 12.2. The number of nitrogens with zero attached hydrogens (tertiary/aromatic N) is 3. The summed E-state index contributed by atoms with van der Waals surface area (Å²) in [5.74, 6) is -1.80. The number of carbonyl (C=O) groups excluding carboxylic acids is 3. The molecule has 0 atom stereocenters. The Labute approximate surface area is 228 Å². The second kappa shape index (κ2) is 11.6. The van der Waals surface area contributed by atoms with E-state index in [-0.39, 0.29) is 41.1 Å². The van der Waals surface area contributed by atoms with Gasteiger partial charge in [0, 0.05) is 11.6 Å². The molecule has 0 aliphatic heterocycles. The number of hydrogen-bond donors (Lipinski definition) is 0. The zero-order valence-electron chi connectivity index (χ0n) is 22.1. The van der Waals surface area contributed by atoms with Crippen molar-refractivity contribution < 1.29 is 38.3 Å². The van der Waals surface area contributed by atoms with E-state index in [1.807, 2.05) is 0 Å². The van der Waals surface area contributed by atoms with Crippen molar-refractivity contribution >= 4 is 28.9 Å². The van der Waals surface area contributed by atoms with Crippen LogP contribution < -0.4 is 9.47 Å². The topological polar surface area (TPSA) is 149 Å². The maximum absolute atomic E-state index is 13.9. The van der Waals surface area contributed by atoms with Gasteiger partial charge in [-0.05, 0) is 44.2 Å². The summed E-state index contributed by atoms with van der Waals surface area (Å²) in [5, 5.41) is 11.7. The summed E-state index contributed by atoms with van der Waals surface area (Å²) in [5.41, 5.74) is -0.611. The third-order valence-corrected chi connectivity index (χ3v) is 6.03. The summed E-state index contributed by atoms with van der Waals surface area (Å²) < 4.78 is 22.4. The van der Waals surface area contributed by atoms with Crippen molar-refractivity contribution in [2.45, 2.75) is 13.8 Å². The van der Waals surface area contributed by atoms with E-state index in [1.54, 1.807) is 32.0 Å². The highest BCUT2D eigenvalue weighted by molar-refractivity contribution is 6.21. The molecule has 4 aromatic rings. The van der Waals surface area contributed by atoms with Crippen LogP contribution in [0.15, 0.2) is 54.9 Å². The molecular weight excluding hydrogens is 522 g/mol. The van der Waals surface area contributed by atoms with Gasteiger partial charge in [-0.2, -0.15) is 0 Å². The zero-order chi connectivity index (χ0) is 29.0. The minimum atomic E-state index is -0.969. The third kappa shape index (κ3) is 4.94. The van der Waals surface area contributed by atoms with E-state index in [4.69, 9.17) is 18.9 Å². The van der Waals surface area contributed by atoms with Gasteiger partial charge in [0.05, 0.1) is 43.6 Å². The number of nitro groups is 1. The van der Waals surface area contributed by atoms with Gasteiger partial charge in [0.15, 0.2) is 11.5 Å². The van der Waals surface area contributed by atoms with Crippen molar-refractivity contribution in [2.24, 2.45) is 0 Å². The number of hydrogen-bond acceptors (Lipinski definition) is 10. The Balaban J connectivity index is 2.06. The number of benzene rings is 2. The maximum Gasteiger partial charge on any atom is 0.341 e. The van der Waals surface area contributed by atoms with Crippen molar-refractivity contribution in [3.63, 3.8) is 0 Å². The second-order valence-corrected chi connectivity index (χ2v) is 8.24. The molecule has 0 amide bonds. The first kappa shape index (κ1) is 27.8. The number of rotatable bonds is 10. The fourth-order valence-electron chi connectivity index (χ4n) is 4.30. The van der Waals surface area contributed by atoms with Crippen molar-refractivity contribution in [3.05, 3.63) is 87.4 Å². The van der Waals surface area contributed by atoms with E-state index < -0.39 is 28.3 Å². The first-order valence-electron chi connectivity index (χ1n) is 12.2. The first-order chi connectivity index (χ1) is 19.3. The normalized spacial score (nSPS) is 10.7. The molecular formula is C28H25N3O9. The van der Waals surface area contributed by atoms with E-state index in [9.17, 15) is 24.5 Å². The number of ether oxygens (including phenoxy) is 4. The van der Waals surface area contributed by atoms with Gasteiger partial charge in [-0.1, -0.05) is 12.1 Å². The molecule has 0 saturated heterocycles. The number of carbonyl (C=O) groups is 3. The summed E-state index contributed by atoms with van der Waals surface area (Å²) in [4.78, 5) is 55.8. The lowest BCUT2D eigenvalue weighted by atomic mass is 10.0. The fraction of sp³-hybridized carbons (Fsp3) is 0.214. The molecule has 0 unspecified atom stereocenters. The van der Waals surface area contributed by atoms with Gasteiger partial charge < -0.3 is 18.9 Å². The Bertz CT molecular complexity index is 1640. The van der Waals surface area contributed by atoms with E-state index in [2.05, 4.69) is 4.98 Å². The predicted octanol–water partition coefficient (Wildman–Crippen LogP) is 4.51. The van der Waals surface area contributed by atoms with E-state index in [0.717, 1.165) is 0 Å². The number of ketones is 1. The van der Waals surface area contributed by atoms with Crippen molar-refractivity contribution in [3.8, 4) is 22.8 Å². The molecule has 0 aliphatic carbocycles. The molecule has 4 rings (SSSR count). The monoisotopic (exact) mass is 547 g/mol. The lowest BCUT2D eigenvalue weighted by molar-refractivity contribution is -0.385. The quantitative estimate of drug-likeness (QED) is 0.120. The molecule has 0 radical (unpaired) electrons. The maximum atomic E-state index is 13.9. The predicted molar refractivity (Wildman–Crippen MR) is 142 cm³/mol. The zero-order valence-corrected chi connectivity index (χ0v) is 22.1. The van der Waals surface area contributed by atoms with Crippen LogP contribution in [0.25, 0.3) is 16.8 Å². The second-order valence-electron chi connectivity index (χ2n) is 8.24. The Morgan fingerprint density at radius 1 is 0.900 bits per heavy atom. The average Bonchev–Trinajstić information content (AvgIpc) is 3.31. The van der Waals surface area contributed by atoms with Crippen LogP contribution in [0.3, 0.4) is 0 Å². The fourth-order valence-corrected chi connectivity index (χ4v) is 4.30. The molecule has 0 bridgehead atoms. The van der Waals surface area contributed by atoms with Crippen molar-refractivity contribution in [1.29, 1.82) is 0 Å². The van der Waals surface area contributed by atoms with Crippen LogP contribution in [0.5, 0.6) is 11.5 Å². The minimum Gasteiger partial charge on any atom is -0.493 e. The average molecular weight is 548 g/mol. The van der Waals surface area contributed by atoms with Crippen LogP contribution in [0.2, 0.25) is 0 Å².